The van der Waals surface area contributed by atoms with E-state index in [9.17, 15) is 4.79 Å². The van der Waals surface area contributed by atoms with Crippen LogP contribution in [0.4, 0.5) is 0 Å². The molecule has 2 heteroatoms. The van der Waals surface area contributed by atoms with E-state index < -0.39 is 0 Å². The van der Waals surface area contributed by atoms with Gasteiger partial charge < -0.3 is 5.32 Å². The molecule has 0 spiro atoms. The van der Waals surface area contributed by atoms with E-state index in [1.54, 1.807) is 0 Å². The van der Waals surface area contributed by atoms with E-state index in [-0.39, 0.29) is 5.91 Å². The van der Waals surface area contributed by atoms with Crippen LogP contribution in [-0.2, 0) is 4.79 Å². The molecule has 1 amide bonds. The van der Waals surface area contributed by atoms with Crippen molar-refractivity contribution in [3.05, 3.63) is 0 Å². The molecule has 0 aliphatic heterocycles. The number of carbonyl (C=O) groups excluding carboxylic acids is 1. The summed E-state index contributed by atoms with van der Waals surface area (Å²) >= 11 is 0. The molecular weight excluding hydrogens is 186 g/mol. The van der Waals surface area contributed by atoms with Crippen LogP contribution < -0.4 is 5.32 Å². The summed E-state index contributed by atoms with van der Waals surface area (Å²) in [6.07, 6.45) is 8.42. The Labute approximate surface area is 93.8 Å². The molecule has 0 saturated heterocycles. The highest BCUT2D eigenvalue weighted by Gasteiger charge is 2.14. The summed E-state index contributed by atoms with van der Waals surface area (Å²) < 4.78 is 0. The van der Waals surface area contributed by atoms with Crippen LogP contribution in [0.15, 0.2) is 0 Å². The summed E-state index contributed by atoms with van der Waals surface area (Å²) in [5.74, 6) is 1.63. The van der Waals surface area contributed by atoms with E-state index in [1.165, 1.54) is 32.1 Å². The molecule has 1 rings (SSSR count). The predicted molar refractivity (Wildman–Crippen MR) is 63.7 cm³/mol. The topological polar surface area (TPSA) is 29.1 Å². The summed E-state index contributed by atoms with van der Waals surface area (Å²) in [5, 5.41) is 3.07. The Kier molecular flexibility index (Phi) is 5.74. The molecular formula is C13H25NO. The molecule has 0 bridgehead atoms. The van der Waals surface area contributed by atoms with E-state index in [0.29, 0.717) is 12.3 Å². The monoisotopic (exact) mass is 211 g/mol. The van der Waals surface area contributed by atoms with Gasteiger partial charge in [0.25, 0.3) is 0 Å². The van der Waals surface area contributed by atoms with Crippen LogP contribution in [0, 0.1) is 11.8 Å². The fourth-order valence-corrected chi connectivity index (χ4v) is 2.16. The van der Waals surface area contributed by atoms with Gasteiger partial charge in [-0.05, 0) is 31.1 Å². The van der Waals surface area contributed by atoms with Gasteiger partial charge in [-0.2, -0.15) is 0 Å². The SMILES string of the molecule is CC(C)CCC(=O)NCC1CCCCC1. The molecule has 1 aliphatic carbocycles. The first kappa shape index (κ1) is 12.5. The fourth-order valence-electron chi connectivity index (χ4n) is 2.16. The molecule has 0 atom stereocenters. The van der Waals surface area contributed by atoms with E-state index in [0.717, 1.165) is 18.9 Å². The van der Waals surface area contributed by atoms with Crippen molar-refractivity contribution in [3.63, 3.8) is 0 Å². The second-order valence-electron chi connectivity index (χ2n) is 5.24. The van der Waals surface area contributed by atoms with Gasteiger partial charge in [0.15, 0.2) is 0 Å². The number of amides is 1. The lowest BCUT2D eigenvalue weighted by Gasteiger charge is -2.21. The van der Waals surface area contributed by atoms with Crippen LogP contribution >= 0.6 is 0 Å². The van der Waals surface area contributed by atoms with E-state index in [1.807, 2.05) is 0 Å². The molecule has 1 saturated carbocycles. The lowest BCUT2D eigenvalue weighted by atomic mass is 9.89. The Bertz CT molecular complexity index is 183. The molecule has 0 radical (unpaired) electrons. The van der Waals surface area contributed by atoms with Crippen molar-refractivity contribution in [1.29, 1.82) is 0 Å². The largest absolute Gasteiger partial charge is 0.356 e. The van der Waals surface area contributed by atoms with E-state index in [2.05, 4.69) is 19.2 Å². The highest BCUT2D eigenvalue weighted by atomic mass is 16.1. The van der Waals surface area contributed by atoms with Crippen molar-refractivity contribution in [2.75, 3.05) is 6.54 Å². The summed E-state index contributed by atoms with van der Waals surface area (Å²) in [6, 6.07) is 0. The Morgan fingerprint density at radius 3 is 2.53 bits per heavy atom. The summed E-state index contributed by atoms with van der Waals surface area (Å²) in [5.41, 5.74) is 0. The van der Waals surface area contributed by atoms with Crippen molar-refractivity contribution in [2.24, 2.45) is 11.8 Å². The summed E-state index contributed by atoms with van der Waals surface area (Å²) in [7, 11) is 0. The molecule has 0 heterocycles. The molecule has 15 heavy (non-hydrogen) atoms. The lowest BCUT2D eigenvalue weighted by Crippen LogP contribution is -2.30. The van der Waals surface area contributed by atoms with E-state index >= 15 is 0 Å². The van der Waals surface area contributed by atoms with Gasteiger partial charge in [-0.25, -0.2) is 0 Å². The predicted octanol–water partition coefficient (Wildman–Crippen LogP) is 3.12. The minimum absolute atomic E-state index is 0.245. The lowest BCUT2D eigenvalue weighted by molar-refractivity contribution is -0.121. The van der Waals surface area contributed by atoms with Gasteiger partial charge in [-0.15, -0.1) is 0 Å². The standard InChI is InChI=1S/C13H25NO/c1-11(2)8-9-13(15)14-10-12-6-4-3-5-7-12/h11-12H,3-10H2,1-2H3,(H,14,15). The maximum Gasteiger partial charge on any atom is 0.220 e. The van der Waals surface area contributed by atoms with Gasteiger partial charge in [0.05, 0.1) is 0 Å². The van der Waals surface area contributed by atoms with Crippen LogP contribution in [0.1, 0.15) is 58.8 Å². The highest BCUT2D eigenvalue weighted by Crippen LogP contribution is 2.22. The van der Waals surface area contributed by atoms with Crippen LogP contribution in [-0.4, -0.2) is 12.5 Å². The quantitative estimate of drug-likeness (QED) is 0.743. The second kappa shape index (κ2) is 6.86. The summed E-state index contributed by atoms with van der Waals surface area (Å²) in [4.78, 5) is 11.5. The van der Waals surface area contributed by atoms with Crippen LogP contribution in [0.5, 0.6) is 0 Å². The first-order chi connectivity index (χ1) is 7.18. The van der Waals surface area contributed by atoms with Gasteiger partial charge in [-0.3, -0.25) is 4.79 Å². The first-order valence-corrected chi connectivity index (χ1v) is 6.45. The number of hydrogen-bond acceptors (Lipinski definition) is 1. The molecule has 0 aromatic heterocycles. The third-order valence-electron chi connectivity index (χ3n) is 3.26. The molecule has 0 unspecified atom stereocenters. The molecule has 2 nitrogen and oxygen atoms in total. The average molecular weight is 211 g/mol. The fraction of sp³-hybridized carbons (Fsp3) is 0.923. The number of rotatable bonds is 5. The van der Waals surface area contributed by atoms with Gasteiger partial charge >= 0.3 is 0 Å². The van der Waals surface area contributed by atoms with Gasteiger partial charge in [-0.1, -0.05) is 33.1 Å². The molecule has 0 aromatic rings. The van der Waals surface area contributed by atoms with E-state index in [4.69, 9.17) is 0 Å². The summed E-state index contributed by atoms with van der Waals surface area (Å²) in [6.45, 7) is 5.24. The second-order valence-corrected chi connectivity index (χ2v) is 5.24. The minimum Gasteiger partial charge on any atom is -0.356 e. The van der Waals surface area contributed by atoms with Gasteiger partial charge in [0.2, 0.25) is 5.91 Å². The number of hydrogen-bond donors (Lipinski definition) is 1. The van der Waals surface area contributed by atoms with Crippen molar-refractivity contribution < 1.29 is 4.79 Å². The third kappa shape index (κ3) is 5.81. The zero-order valence-corrected chi connectivity index (χ0v) is 10.2. The Hall–Kier alpha value is -0.530. The Morgan fingerprint density at radius 2 is 1.93 bits per heavy atom. The Balaban J connectivity index is 2.05. The minimum atomic E-state index is 0.245. The number of carbonyl (C=O) groups is 1. The van der Waals surface area contributed by atoms with Crippen LogP contribution in [0.2, 0.25) is 0 Å². The van der Waals surface area contributed by atoms with Crippen LogP contribution in [0.3, 0.4) is 0 Å². The van der Waals surface area contributed by atoms with Crippen LogP contribution in [0.25, 0.3) is 0 Å². The van der Waals surface area contributed by atoms with Gasteiger partial charge in [0, 0.05) is 13.0 Å². The third-order valence-corrected chi connectivity index (χ3v) is 3.26. The number of nitrogens with one attached hydrogen (secondary N) is 1. The van der Waals surface area contributed by atoms with Gasteiger partial charge in [0.1, 0.15) is 0 Å². The molecule has 0 aromatic carbocycles. The van der Waals surface area contributed by atoms with Crippen molar-refractivity contribution >= 4 is 5.91 Å². The van der Waals surface area contributed by atoms with Crippen molar-refractivity contribution in [1.82, 2.24) is 5.32 Å². The maximum atomic E-state index is 11.5. The molecule has 88 valence electrons. The zero-order chi connectivity index (χ0) is 11.1. The maximum absolute atomic E-state index is 11.5. The molecule has 1 N–H and O–H groups in total. The van der Waals surface area contributed by atoms with Crippen molar-refractivity contribution in [2.45, 2.75) is 58.8 Å². The molecule has 1 fully saturated rings. The average Bonchev–Trinajstić information content (AvgIpc) is 2.25. The highest BCUT2D eigenvalue weighted by molar-refractivity contribution is 5.75. The Morgan fingerprint density at radius 1 is 1.27 bits per heavy atom. The molecule has 1 aliphatic rings. The zero-order valence-electron chi connectivity index (χ0n) is 10.2. The first-order valence-electron chi connectivity index (χ1n) is 6.45. The smallest absolute Gasteiger partial charge is 0.220 e. The normalized spacial score (nSPS) is 18.1. The van der Waals surface area contributed by atoms with Crippen molar-refractivity contribution in [3.8, 4) is 0 Å².